The van der Waals surface area contributed by atoms with E-state index in [1.54, 1.807) is 6.08 Å². The number of phosphoric acid groups is 1. The molecule has 0 bridgehead atoms. The molecule has 0 aliphatic carbocycles. The fourth-order valence-electron chi connectivity index (χ4n) is 8.11. The van der Waals surface area contributed by atoms with E-state index in [2.05, 4.69) is 55.6 Å². The van der Waals surface area contributed by atoms with E-state index in [-0.39, 0.29) is 19.1 Å². The maximum Gasteiger partial charge on any atom is 0.472 e. The van der Waals surface area contributed by atoms with Crippen molar-refractivity contribution in [1.82, 2.24) is 5.32 Å². The van der Waals surface area contributed by atoms with E-state index in [4.69, 9.17) is 9.05 Å². The molecule has 8 nitrogen and oxygen atoms in total. The Morgan fingerprint density at radius 1 is 0.515 bits per heavy atom. The molecule has 0 saturated heterocycles. The van der Waals surface area contributed by atoms with Crippen molar-refractivity contribution >= 4 is 13.7 Å². The highest BCUT2D eigenvalue weighted by molar-refractivity contribution is 7.47. The Labute approximate surface area is 409 Å². The number of nitrogens with one attached hydrogen (secondary N) is 1. The molecule has 0 aromatic rings. The number of rotatable bonds is 51. The summed E-state index contributed by atoms with van der Waals surface area (Å²) in [6, 6.07) is -0.848. The van der Waals surface area contributed by atoms with Gasteiger partial charge in [-0.25, -0.2) is 4.57 Å². The molecule has 0 spiro atoms. The molecule has 9 heteroatoms. The summed E-state index contributed by atoms with van der Waals surface area (Å²) in [7, 11) is 1.57. The van der Waals surface area contributed by atoms with Gasteiger partial charge in [0.05, 0.1) is 39.9 Å². The van der Waals surface area contributed by atoms with Crippen molar-refractivity contribution in [2.24, 2.45) is 0 Å². The summed E-state index contributed by atoms with van der Waals surface area (Å²) < 4.78 is 23.7. The van der Waals surface area contributed by atoms with Crippen molar-refractivity contribution in [3.05, 3.63) is 48.6 Å². The van der Waals surface area contributed by atoms with Crippen LogP contribution < -0.4 is 5.32 Å². The van der Waals surface area contributed by atoms with Gasteiger partial charge in [0.2, 0.25) is 5.91 Å². The summed E-state index contributed by atoms with van der Waals surface area (Å²) in [6.45, 7) is 4.82. The SMILES string of the molecule is CCCCCCC/C=C\C/C=C\C/C=C\CCCCCCCCCCCCCCC(=O)NC(COP(=O)(O)OCC[N+](C)(C)C)C(O)/C=C/CCCCCCCCCCCCCCCCC. The molecule has 0 heterocycles. The van der Waals surface area contributed by atoms with Gasteiger partial charge >= 0.3 is 7.82 Å². The van der Waals surface area contributed by atoms with E-state index in [0.29, 0.717) is 17.4 Å². The molecule has 0 aliphatic heterocycles. The van der Waals surface area contributed by atoms with E-state index in [1.165, 1.54) is 186 Å². The highest BCUT2D eigenvalue weighted by atomic mass is 31.2. The fourth-order valence-corrected chi connectivity index (χ4v) is 8.84. The number of hydrogen-bond donors (Lipinski definition) is 3. The van der Waals surface area contributed by atoms with Crippen LogP contribution in [0.5, 0.6) is 0 Å². The molecule has 0 aromatic carbocycles. The number of phosphoric ester groups is 1. The van der Waals surface area contributed by atoms with Gasteiger partial charge in [0.15, 0.2) is 0 Å². The van der Waals surface area contributed by atoms with Gasteiger partial charge in [0.25, 0.3) is 0 Å². The van der Waals surface area contributed by atoms with Crippen LogP contribution in [0, 0.1) is 0 Å². The van der Waals surface area contributed by atoms with Crippen molar-refractivity contribution in [1.29, 1.82) is 0 Å². The minimum atomic E-state index is -4.35. The second kappa shape index (κ2) is 48.5. The first-order valence-corrected chi connectivity index (χ1v) is 29.5. The lowest BCUT2D eigenvalue weighted by molar-refractivity contribution is -0.870. The van der Waals surface area contributed by atoms with Crippen LogP contribution in [0.15, 0.2) is 48.6 Å². The fraction of sp³-hybridized carbons (Fsp3) is 0.842. The van der Waals surface area contributed by atoms with Crippen LogP contribution in [0.3, 0.4) is 0 Å². The number of amides is 1. The summed E-state index contributed by atoms with van der Waals surface area (Å²) in [5, 5.41) is 13.9. The Bertz CT molecular complexity index is 1210. The van der Waals surface area contributed by atoms with Gasteiger partial charge < -0.3 is 19.8 Å². The van der Waals surface area contributed by atoms with E-state index >= 15 is 0 Å². The van der Waals surface area contributed by atoms with Crippen molar-refractivity contribution in [3.8, 4) is 0 Å². The molecular weight excluding hydrogens is 840 g/mol. The zero-order valence-corrected chi connectivity index (χ0v) is 45.1. The predicted molar refractivity (Wildman–Crippen MR) is 286 cm³/mol. The first-order chi connectivity index (χ1) is 32.0. The van der Waals surface area contributed by atoms with Crippen molar-refractivity contribution in [2.45, 2.75) is 270 Å². The molecule has 3 atom stereocenters. The first kappa shape index (κ1) is 64.5. The normalized spacial score (nSPS) is 14.3. The molecule has 0 rings (SSSR count). The third-order valence-electron chi connectivity index (χ3n) is 12.5. The van der Waals surface area contributed by atoms with E-state index < -0.39 is 20.0 Å². The van der Waals surface area contributed by atoms with Crippen LogP contribution in [-0.2, 0) is 18.4 Å². The lowest BCUT2D eigenvalue weighted by Gasteiger charge is -2.25. The molecular formula is C57H110N2O6P+. The maximum absolute atomic E-state index is 13.0. The Morgan fingerprint density at radius 2 is 0.864 bits per heavy atom. The lowest BCUT2D eigenvalue weighted by atomic mass is 10.0. The Morgan fingerprint density at radius 3 is 1.26 bits per heavy atom. The number of carbonyl (C=O) groups excluding carboxylic acids is 1. The number of unbranched alkanes of at least 4 members (excludes halogenated alkanes) is 32. The third kappa shape index (κ3) is 50.3. The van der Waals surface area contributed by atoms with Crippen molar-refractivity contribution in [2.75, 3.05) is 40.9 Å². The minimum absolute atomic E-state index is 0.0607. The Kier molecular flexibility index (Phi) is 47.4. The average Bonchev–Trinajstić information content (AvgIpc) is 3.28. The van der Waals surface area contributed by atoms with Crippen molar-refractivity contribution in [3.63, 3.8) is 0 Å². The first-order valence-electron chi connectivity index (χ1n) is 28.0. The number of hydrogen-bond acceptors (Lipinski definition) is 5. The smallest absolute Gasteiger partial charge is 0.387 e. The van der Waals surface area contributed by atoms with Gasteiger partial charge in [0, 0.05) is 6.42 Å². The van der Waals surface area contributed by atoms with E-state index in [1.807, 2.05) is 27.2 Å². The Hall–Kier alpha value is -1.54. The largest absolute Gasteiger partial charge is 0.472 e. The lowest BCUT2D eigenvalue weighted by Crippen LogP contribution is -2.45. The third-order valence-corrected chi connectivity index (χ3v) is 13.5. The second-order valence-electron chi connectivity index (χ2n) is 20.3. The minimum Gasteiger partial charge on any atom is -0.387 e. The van der Waals surface area contributed by atoms with Crippen LogP contribution in [0.25, 0.3) is 0 Å². The van der Waals surface area contributed by atoms with Gasteiger partial charge in [0.1, 0.15) is 13.2 Å². The average molecular weight is 950 g/mol. The zero-order valence-electron chi connectivity index (χ0n) is 44.2. The zero-order chi connectivity index (χ0) is 48.5. The van der Waals surface area contributed by atoms with Crippen LogP contribution in [0.1, 0.15) is 258 Å². The molecule has 0 fully saturated rings. The number of quaternary nitrogens is 1. The topological polar surface area (TPSA) is 105 Å². The molecule has 0 aliphatic rings. The number of aliphatic hydroxyl groups excluding tert-OH is 1. The standard InChI is InChI=1S/C57H109N2O6P/c1-6-8-10-12-14-16-18-20-22-24-25-26-27-28-29-30-31-32-33-35-37-39-41-43-45-47-49-51-57(61)58-55(54-65-66(62,63)64-53-52-59(3,4)5)56(60)50-48-46-44-42-40-38-36-34-23-21-19-17-15-13-11-9-7-2/h18,20,24-25,27-28,48,50,55-56,60H,6-17,19,21-23,26,29-47,49,51-54H2,1-5H3,(H-,58,61,62,63)/p+1/b20-18-,25-24-,28-27-,50-48+. The van der Waals surface area contributed by atoms with E-state index in [9.17, 15) is 19.4 Å². The van der Waals surface area contributed by atoms with Gasteiger partial charge in [-0.05, 0) is 57.8 Å². The van der Waals surface area contributed by atoms with E-state index in [0.717, 1.165) is 51.4 Å². The highest BCUT2D eigenvalue weighted by Gasteiger charge is 2.27. The van der Waals surface area contributed by atoms with Crippen LogP contribution in [0.4, 0.5) is 0 Å². The molecule has 0 radical (unpaired) electrons. The molecule has 388 valence electrons. The van der Waals surface area contributed by atoms with Gasteiger partial charge in [-0.3, -0.25) is 13.8 Å². The summed E-state index contributed by atoms with van der Waals surface area (Å²) >= 11 is 0. The number of aliphatic hydroxyl groups is 1. The summed E-state index contributed by atoms with van der Waals surface area (Å²) in [4.78, 5) is 23.3. The van der Waals surface area contributed by atoms with Gasteiger partial charge in [-0.15, -0.1) is 0 Å². The monoisotopic (exact) mass is 950 g/mol. The number of allylic oxidation sites excluding steroid dienone is 7. The van der Waals surface area contributed by atoms with Gasteiger partial charge in [-0.2, -0.15) is 0 Å². The maximum atomic E-state index is 13.0. The predicted octanol–water partition coefficient (Wildman–Crippen LogP) is 16.8. The molecule has 1 amide bonds. The van der Waals surface area contributed by atoms with Gasteiger partial charge in [-0.1, -0.05) is 242 Å². The Balaban J connectivity index is 4.20. The summed E-state index contributed by atoms with van der Waals surface area (Å²) in [5.41, 5.74) is 0. The van der Waals surface area contributed by atoms with Crippen LogP contribution in [-0.4, -0.2) is 73.4 Å². The molecule has 66 heavy (non-hydrogen) atoms. The number of likely N-dealkylation sites (N-methyl/N-ethyl adjacent to an activating group) is 1. The molecule has 0 saturated carbocycles. The highest BCUT2D eigenvalue weighted by Crippen LogP contribution is 2.43. The quantitative estimate of drug-likeness (QED) is 0.0243. The molecule has 3 unspecified atom stereocenters. The molecule has 0 aromatic heterocycles. The van der Waals surface area contributed by atoms with Crippen LogP contribution >= 0.6 is 7.82 Å². The number of carbonyl (C=O) groups is 1. The van der Waals surface area contributed by atoms with Crippen LogP contribution in [0.2, 0.25) is 0 Å². The summed E-state index contributed by atoms with van der Waals surface area (Å²) in [5.74, 6) is -0.178. The number of nitrogens with zero attached hydrogens (tertiary/aromatic N) is 1. The summed E-state index contributed by atoms with van der Waals surface area (Å²) in [6.07, 6.45) is 63.4. The molecule has 3 N–H and O–H groups in total. The van der Waals surface area contributed by atoms with Crippen molar-refractivity contribution < 1.29 is 32.9 Å². The second-order valence-corrected chi connectivity index (χ2v) is 21.8.